The van der Waals surface area contributed by atoms with E-state index in [9.17, 15) is 31.1 Å². The second-order valence-corrected chi connectivity index (χ2v) is 7.14. The minimum absolute atomic E-state index is 0.00556. The summed E-state index contributed by atoms with van der Waals surface area (Å²) in [4.78, 5) is 18.4. The Morgan fingerprint density at radius 1 is 0.967 bits per heavy atom. The van der Waals surface area contributed by atoms with Gasteiger partial charge in [0.2, 0.25) is 0 Å². The van der Waals surface area contributed by atoms with Crippen molar-refractivity contribution in [2.45, 2.75) is 25.2 Å². The molecule has 1 aromatic heterocycles. The molecule has 1 fully saturated rings. The summed E-state index contributed by atoms with van der Waals surface area (Å²) < 4.78 is 77.7. The molecule has 0 atom stereocenters. The molecule has 162 valence electrons. The number of aromatic nitrogens is 1. The Morgan fingerprint density at radius 2 is 1.50 bits per heavy atom. The van der Waals surface area contributed by atoms with Gasteiger partial charge in [0.1, 0.15) is 0 Å². The second-order valence-electron chi connectivity index (χ2n) is 7.14. The van der Waals surface area contributed by atoms with E-state index in [1.165, 1.54) is 0 Å². The second kappa shape index (κ2) is 8.53. The van der Waals surface area contributed by atoms with E-state index < -0.39 is 35.0 Å². The molecule has 30 heavy (non-hydrogen) atoms. The fraction of sp³-hybridized carbons (Fsp3) is 0.400. The number of piperidine rings is 1. The molecule has 1 aliphatic heterocycles. The summed E-state index contributed by atoms with van der Waals surface area (Å²) in [5.41, 5.74) is -2.65. The molecule has 2 aromatic rings. The fourth-order valence-corrected chi connectivity index (χ4v) is 3.38. The van der Waals surface area contributed by atoms with Gasteiger partial charge in [-0.25, -0.2) is 0 Å². The average Bonchev–Trinajstić information content (AvgIpc) is 2.71. The van der Waals surface area contributed by atoms with Crippen molar-refractivity contribution < 1.29 is 31.1 Å². The number of anilines is 1. The number of alkyl halides is 6. The predicted molar refractivity (Wildman–Crippen MR) is 98.0 cm³/mol. The van der Waals surface area contributed by atoms with Gasteiger partial charge in [0.15, 0.2) is 0 Å². The number of pyridine rings is 1. The van der Waals surface area contributed by atoms with Gasteiger partial charge in [-0.1, -0.05) is 0 Å². The first-order valence-corrected chi connectivity index (χ1v) is 9.26. The highest BCUT2D eigenvalue weighted by atomic mass is 19.4. The quantitative estimate of drug-likeness (QED) is 0.710. The summed E-state index contributed by atoms with van der Waals surface area (Å²) in [7, 11) is 0. The SMILES string of the molecule is O=C(NCC1CCN(c2ccncc2)CC1)c1cc(C(F)(F)F)cc(C(F)(F)F)c1. The van der Waals surface area contributed by atoms with Crippen molar-refractivity contribution in [1.29, 1.82) is 0 Å². The highest BCUT2D eigenvalue weighted by molar-refractivity contribution is 5.94. The van der Waals surface area contributed by atoms with E-state index in [-0.39, 0.29) is 18.5 Å². The van der Waals surface area contributed by atoms with Crippen molar-refractivity contribution >= 4 is 11.6 Å². The number of nitrogens with one attached hydrogen (secondary N) is 1. The summed E-state index contributed by atoms with van der Waals surface area (Å²) in [6.45, 7) is 1.64. The zero-order chi connectivity index (χ0) is 21.9. The molecule has 1 amide bonds. The Kier molecular flexibility index (Phi) is 6.23. The van der Waals surface area contributed by atoms with Gasteiger partial charge in [-0.15, -0.1) is 0 Å². The summed E-state index contributed by atoms with van der Waals surface area (Å²) in [6, 6.07) is 4.65. The maximum atomic E-state index is 12.9. The molecule has 10 heteroatoms. The molecule has 1 aromatic carbocycles. The van der Waals surface area contributed by atoms with Gasteiger partial charge < -0.3 is 10.2 Å². The lowest BCUT2D eigenvalue weighted by atomic mass is 9.96. The van der Waals surface area contributed by atoms with E-state index in [4.69, 9.17) is 0 Å². The van der Waals surface area contributed by atoms with Gasteiger partial charge in [0.05, 0.1) is 11.1 Å². The van der Waals surface area contributed by atoms with E-state index in [2.05, 4.69) is 15.2 Å². The van der Waals surface area contributed by atoms with E-state index in [0.29, 0.717) is 12.1 Å². The van der Waals surface area contributed by atoms with Crippen LogP contribution in [0.1, 0.15) is 34.3 Å². The summed E-state index contributed by atoms with van der Waals surface area (Å²) in [5, 5.41) is 2.48. The lowest BCUT2D eigenvalue weighted by Crippen LogP contribution is -2.38. The summed E-state index contributed by atoms with van der Waals surface area (Å²) in [5.74, 6) is -0.872. The van der Waals surface area contributed by atoms with Crippen molar-refractivity contribution in [2.24, 2.45) is 5.92 Å². The molecular weight excluding hydrogens is 412 g/mol. The van der Waals surface area contributed by atoms with Crippen molar-refractivity contribution in [1.82, 2.24) is 10.3 Å². The van der Waals surface area contributed by atoms with Crippen molar-refractivity contribution in [3.8, 4) is 0 Å². The lowest BCUT2D eigenvalue weighted by molar-refractivity contribution is -0.143. The molecule has 1 aliphatic rings. The van der Waals surface area contributed by atoms with Crippen LogP contribution < -0.4 is 10.2 Å². The van der Waals surface area contributed by atoms with Gasteiger partial charge in [-0.05, 0) is 49.1 Å². The normalized spacial score (nSPS) is 15.9. The maximum absolute atomic E-state index is 12.9. The van der Waals surface area contributed by atoms with Gasteiger partial charge >= 0.3 is 12.4 Å². The first kappa shape index (κ1) is 21.9. The predicted octanol–water partition coefficient (Wildman–Crippen LogP) is 4.77. The number of halogens is 6. The Balaban J connectivity index is 1.62. The van der Waals surface area contributed by atoms with Crippen LogP contribution in [0.25, 0.3) is 0 Å². The topological polar surface area (TPSA) is 45.2 Å². The van der Waals surface area contributed by atoms with Crippen molar-refractivity contribution in [3.05, 3.63) is 59.4 Å². The van der Waals surface area contributed by atoms with Crippen LogP contribution >= 0.6 is 0 Å². The van der Waals surface area contributed by atoms with Crippen molar-refractivity contribution in [3.63, 3.8) is 0 Å². The van der Waals surface area contributed by atoms with Gasteiger partial charge in [-0.3, -0.25) is 9.78 Å². The van der Waals surface area contributed by atoms with E-state index in [0.717, 1.165) is 31.6 Å². The highest BCUT2D eigenvalue weighted by Gasteiger charge is 2.37. The zero-order valence-electron chi connectivity index (χ0n) is 15.7. The number of carbonyl (C=O) groups excluding carboxylic acids is 1. The molecule has 0 saturated carbocycles. The molecular formula is C20H19F6N3O. The van der Waals surface area contributed by atoms with E-state index in [1.54, 1.807) is 12.4 Å². The summed E-state index contributed by atoms with van der Waals surface area (Å²) in [6.07, 6.45) is -5.14. The van der Waals surface area contributed by atoms with Crippen LogP contribution in [0.3, 0.4) is 0 Å². The number of rotatable bonds is 4. The largest absolute Gasteiger partial charge is 0.416 e. The molecule has 0 spiro atoms. The smallest absolute Gasteiger partial charge is 0.371 e. The van der Waals surface area contributed by atoms with Crippen LogP contribution in [0.4, 0.5) is 32.0 Å². The van der Waals surface area contributed by atoms with Crippen LogP contribution in [0.5, 0.6) is 0 Å². The first-order chi connectivity index (χ1) is 14.0. The third-order valence-corrected chi connectivity index (χ3v) is 5.04. The first-order valence-electron chi connectivity index (χ1n) is 9.26. The monoisotopic (exact) mass is 431 g/mol. The number of benzene rings is 1. The number of amides is 1. The molecule has 2 heterocycles. The van der Waals surface area contributed by atoms with Crippen LogP contribution in [0.15, 0.2) is 42.7 Å². The van der Waals surface area contributed by atoms with Crippen LogP contribution in [-0.2, 0) is 12.4 Å². The Labute approximate surface area is 168 Å². The molecule has 1 N–H and O–H groups in total. The Morgan fingerprint density at radius 3 is 2.00 bits per heavy atom. The van der Waals surface area contributed by atoms with Gasteiger partial charge in [-0.2, -0.15) is 26.3 Å². The minimum atomic E-state index is -4.99. The standard InChI is InChI=1S/C20H19F6N3O/c21-19(22,23)15-9-14(10-16(11-15)20(24,25)26)18(30)28-12-13-3-7-29(8-4-13)17-1-5-27-6-2-17/h1-2,5-6,9-11,13H,3-4,7-8,12H2,(H,28,30). The van der Waals surface area contributed by atoms with Gasteiger partial charge in [0.25, 0.3) is 5.91 Å². The Hall–Kier alpha value is -2.78. The zero-order valence-corrected chi connectivity index (χ0v) is 15.7. The fourth-order valence-electron chi connectivity index (χ4n) is 3.38. The minimum Gasteiger partial charge on any atom is -0.371 e. The van der Waals surface area contributed by atoms with Crippen LogP contribution in [0.2, 0.25) is 0 Å². The third kappa shape index (κ3) is 5.43. The van der Waals surface area contributed by atoms with Crippen LogP contribution in [-0.4, -0.2) is 30.5 Å². The van der Waals surface area contributed by atoms with E-state index in [1.807, 2.05) is 12.1 Å². The maximum Gasteiger partial charge on any atom is 0.416 e. The number of hydrogen-bond donors (Lipinski definition) is 1. The molecule has 1 saturated heterocycles. The highest BCUT2D eigenvalue weighted by Crippen LogP contribution is 2.36. The number of hydrogen-bond acceptors (Lipinski definition) is 3. The average molecular weight is 431 g/mol. The lowest BCUT2D eigenvalue weighted by Gasteiger charge is -2.33. The molecule has 0 aliphatic carbocycles. The van der Waals surface area contributed by atoms with E-state index >= 15 is 0 Å². The van der Waals surface area contributed by atoms with Crippen LogP contribution in [0, 0.1) is 5.92 Å². The van der Waals surface area contributed by atoms with Gasteiger partial charge in [0, 0.05) is 43.3 Å². The third-order valence-electron chi connectivity index (χ3n) is 5.04. The van der Waals surface area contributed by atoms with Crippen molar-refractivity contribution in [2.75, 3.05) is 24.5 Å². The number of carbonyl (C=O) groups is 1. The number of nitrogens with zero attached hydrogens (tertiary/aromatic N) is 2. The molecule has 0 bridgehead atoms. The molecule has 3 rings (SSSR count). The Bertz CT molecular complexity index is 842. The molecule has 0 unspecified atom stereocenters. The molecule has 0 radical (unpaired) electrons. The molecule has 4 nitrogen and oxygen atoms in total. The summed E-state index contributed by atoms with van der Waals surface area (Å²) >= 11 is 0.